The molecule has 0 unspecified atom stereocenters. The fourth-order valence-corrected chi connectivity index (χ4v) is 3.74. The zero-order valence-corrected chi connectivity index (χ0v) is 15.6. The van der Waals surface area contributed by atoms with E-state index in [0.717, 1.165) is 22.3 Å². The minimum absolute atomic E-state index is 0.147. The second-order valence-corrected chi connectivity index (χ2v) is 8.53. The fourth-order valence-electron chi connectivity index (χ4n) is 3.11. The maximum absolute atomic E-state index is 13.7. The van der Waals surface area contributed by atoms with E-state index in [-0.39, 0.29) is 17.5 Å². The summed E-state index contributed by atoms with van der Waals surface area (Å²) in [5.74, 6) is 0.988. The number of halogens is 1. The Morgan fingerprint density at radius 1 is 0.852 bits per heavy atom. The van der Waals surface area contributed by atoms with E-state index in [4.69, 9.17) is 9.47 Å². The third-order valence-corrected chi connectivity index (χ3v) is 5.70. The molecule has 138 valence electrons. The number of ether oxygens (including phenoxy) is 2. The Balaban J connectivity index is 1.90. The lowest BCUT2D eigenvalue weighted by atomic mass is 9.93. The Bertz CT molecular complexity index is 1140. The molecule has 3 aromatic rings. The van der Waals surface area contributed by atoms with Gasteiger partial charge in [-0.25, -0.2) is 12.8 Å². The molecule has 1 heterocycles. The van der Waals surface area contributed by atoms with Gasteiger partial charge in [0.2, 0.25) is 6.79 Å². The number of hydrogen-bond donors (Lipinski definition) is 0. The van der Waals surface area contributed by atoms with Gasteiger partial charge in [-0.05, 0) is 71.1 Å². The highest BCUT2D eigenvalue weighted by Crippen LogP contribution is 2.43. The molecule has 0 saturated heterocycles. The van der Waals surface area contributed by atoms with E-state index >= 15 is 0 Å². The molecule has 0 spiro atoms. The molecule has 0 saturated carbocycles. The van der Waals surface area contributed by atoms with Crippen LogP contribution >= 0.6 is 0 Å². The van der Waals surface area contributed by atoms with Gasteiger partial charge in [0.05, 0.1) is 4.90 Å². The molecular weight excluding hydrogens is 367 g/mol. The summed E-state index contributed by atoms with van der Waals surface area (Å²) in [6, 6.07) is 15.3. The van der Waals surface area contributed by atoms with Crippen LogP contribution in [0.1, 0.15) is 5.56 Å². The molecule has 6 heteroatoms. The van der Waals surface area contributed by atoms with Gasteiger partial charge in [0.15, 0.2) is 21.3 Å². The highest BCUT2D eigenvalue weighted by atomic mass is 32.2. The van der Waals surface area contributed by atoms with Crippen LogP contribution in [0.3, 0.4) is 0 Å². The molecule has 4 rings (SSSR count). The van der Waals surface area contributed by atoms with Crippen molar-refractivity contribution in [3.8, 4) is 33.8 Å². The van der Waals surface area contributed by atoms with Crippen LogP contribution in [0.2, 0.25) is 0 Å². The van der Waals surface area contributed by atoms with Gasteiger partial charge in [-0.15, -0.1) is 0 Å². The van der Waals surface area contributed by atoms with E-state index in [9.17, 15) is 12.8 Å². The lowest BCUT2D eigenvalue weighted by Crippen LogP contribution is -1.96. The van der Waals surface area contributed by atoms with Crippen molar-refractivity contribution < 1.29 is 22.3 Å². The molecule has 0 radical (unpaired) electrons. The molecule has 0 aromatic heterocycles. The quantitative estimate of drug-likeness (QED) is 0.662. The van der Waals surface area contributed by atoms with Crippen LogP contribution in [0.25, 0.3) is 22.3 Å². The minimum Gasteiger partial charge on any atom is -0.454 e. The van der Waals surface area contributed by atoms with E-state index in [0.29, 0.717) is 17.1 Å². The predicted molar refractivity (Wildman–Crippen MR) is 101 cm³/mol. The van der Waals surface area contributed by atoms with Gasteiger partial charge in [-0.3, -0.25) is 0 Å². The molecule has 0 bridgehead atoms. The summed E-state index contributed by atoms with van der Waals surface area (Å²) in [4.78, 5) is 0.256. The van der Waals surface area contributed by atoms with Crippen LogP contribution in [-0.4, -0.2) is 21.5 Å². The molecule has 0 N–H and O–H groups in total. The number of hydrogen-bond acceptors (Lipinski definition) is 4. The van der Waals surface area contributed by atoms with Crippen molar-refractivity contribution in [1.82, 2.24) is 0 Å². The second kappa shape index (κ2) is 6.39. The van der Waals surface area contributed by atoms with E-state index in [2.05, 4.69) is 0 Å². The first-order valence-corrected chi connectivity index (χ1v) is 10.2. The van der Waals surface area contributed by atoms with Gasteiger partial charge in [-0.2, -0.15) is 0 Å². The number of sulfone groups is 1. The predicted octanol–water partition coefficient (Wildman–Crippen LogP) is 4.60. The highest BCUT2D eigenvalue weighted by Gasteiger charge is 2.20. The average molecular weight is 384 g/mol. The number of rotatable bonds is 3. The first-order valence-electron chi connectivity index (χ1n) is 8.33. The molecule has 1 aliphatic rings. The van der Waals surface area contributed by atoms with Gasteiger partial charge < -0.3 is 9.47 Å². The molecule has 27 heavy (non-hydrogen) atoms. The summed E-state index contributed by atoms with van der Waals surface area (Å²) in [7, 11) is -3.27. The maximum atomic E-state index is 13.7. The van der Waals surface area contributed by atoms with Crippen molar-refractivity contribution in [3.63, 3.8) is 0 Å². The van der Waals surface area contributed by atoms with Crippen LogP contribution in [0.15, 0.2) is 59.5 Å². The Morgan fingerprint density at radius 2 is 1.41 bits per heavy atom. The van der Waals surface area contributed by atoms with Crippen LogP contribution in [0.4, 0.5) is 4.39 Å². The molecule has 0 amide bonds. The lowest BCUT2D eigenvalue weighted by molar-refractivity contribution is 0.174. The summed E-state index contributed by atoms with van der Waals surface area (Å²) >= 11 is 0. The first-order chi connectivity index (χ1) is 12.8. The third-order valence-electron chi connectivity index (χ3n) is 4.58. The van der Waals surface area contributed by atoms with Gasteiger partial charge in [0.25, 0.3) is 0 Å². The summed E-state index contributed by atoms with van der Waals surface area (Å²) in [6.07, 6.45) is 1.18. The summed E-state index contributed by atoms with van der Waals surface area (Å²) in [5.41, 5.74) is 3.93. The summed E-state index contributed by atoms with van der Waals surface area (Å²) < 4.78 is 48.1. The van der Waals surface area contributed by atoms with Gasteiger partial charge in [0, 0.05) is 6.26 Å². The Hall–Kier alpha value is -2.86. The Labute approximate surface area is 157 Å². The molecular formula is C21H17FO4S. The maximum Gasteiger partial charge on any atom is 0.231 e. The zero-order valence-electron chi connectivity index (χ0n) is 14.8. The number of fused-ring (bicyclic) bond motifs is 1. The van der Waals surface area contributed by atoms with Crippen molar-refractivity contribution >= 4 is 9.84 Å². The standard InChI is InChI=1S/C21H17FO4S/c1-13-9-15(5-8-19(13)22)18-11-21-20(25-12-26-21)10-17(18)14-3-6-16(7-4-14)27(2,23)24/h3-11H,12H2,1-2H3. The molecule has 4 nitrogen and oxygen atoms in total. The van der Waals surface area contributed by atoms with Crippen LogP contribution in [-0.2, 0) is 9.84 Å². The Morgan fingerprint density at radius 3 is 1.96 bits per heavy atom. The summed E-state index contributed by atoms with van der Waals surface area (Å²) in [5, 5.41) is 0. The third kappa shape index (κ3) is 3.28. The van der Waals surface area contributed by atoms with Crippen LogP contribution < -0.4 is 9.47 Å². The first kappa shape index (κ1) is 17.5. The van der Waals surface area contributed by atoms with E-state index < -0.39 is 9.84 Å². The topological polar surface area (TPSA) is 52.6 Å². The van der Waals surface area contributed by atoms with Gasteiger partial charge in [0.1, 0.15) is 5.82 Å². The highest BCUT2D eigenvalue weighted by molar-refractivity contribution is 7.90. The van der Waals surface area contributed by atoms with Crippen LogP contribution in [0, 0.1) is 12.7 Å². The largest absolute Gasteiger partial charge is 0.454 e. The SMILES string of the molecule is Cc1cc(-c2cc3c(cc2-c2ccc(S(C)(=O)=O)cc2)OCO3)ccc1F. The summed E-state index contributed by atoms with van der Waals surface area (Å²) in [6.45, 7) is 1.86. The molecule has 1 aliphatic heterocycles. The van der Waals surface area contributed by atoms with E-state index in [1.807, 2.05) is 12.1 Å². The van der Waals surface area contributed by atoms with Crippen molar-refractivity contribution in [1.29, 1.82) is 0 Å². The van der Waals surface area contributed by atoms with Gasteiger partial charge >= 0.3 is 0 Å². The molecule has 0 atom stereocenters. The molecule has 0 aliphatic carbocycles. The normalized spacial score (nSPS) is 13.0. The average Bonchev–Trinajstić information content (AvgIpc) is 3.10. The molecule has 0 fully saturated rings. The zero-order chi connectivity index (χ0) is 19.2. The van der Waals surface area contributed by atoms with E-state index in [1.165, 1.54) is 12.3 Å². The minimum atomic E-state index is -3.27. The van der Waals surface area contributed by atoms with Crippen molar-refractivity contribution in [2.75, 3.05) is 13.0 Å². The Kier molecular flexibility index (Phi) is 4.15. The van der Waals surface area contributed by atoms with Gasteiger partial charge in [-0.1, -0.05) is 18.2 Å². The lowest BCUT2D eigenvalue weighted by Gasteiger charge is -2.13. The fraction of sp³-hybridized carbons (Fsp3) is 0.143. The van der Waals surface area contributed by atoms with Crippen LogP contribution in [0.5, 0.6) is 11.5 Å². The number of aryl methyl sites for hydroxylation is 1. The smallest absolute Gasteiger partial charge is 0.231 e. The van der Waals surface area contributed by atoms with E-state index in [1.54, 1.807) is 43.3 Å². The van der Waals surface area contributed by atoms with Crippen molar-refractivity contribution in [2.45, 2.75) is 11.8 Å². The van der Waals surface area contributed by atoms with Crippen molar-refractivity contribution in [2.24, 2.45) is 0 Å². The monoisotopic (exact) mass is 384 g/mol. The van der Waals surface area contributed by atoms with Crippen molar-refractivity contribution in [3.05, 3.63) is 66.0 Å². The number of benzene rings is 3. The second-order valence-electron chi connectivity index (χ2n) is 6.51. The molecule has 3 aromatic carbocycles.